The second-order valence-electron chi connectivity index (χ2n) is 6.03. The average molecular weight is 367 g/mol. The van der Waals surface area contributed by atoms with E-state index in [0.29, 0.717) is 6.54 Å². The number of nitrogens with zero attached hydrogens (tertiary/aromatic N) is 2. The number of ether oxygens (including phenoxy) is 1. The molecule has 0 aliphatic heterocycles. The highest BCUT2D eigenvalue weighted by Gasteiger charge is 2.13. The van der Waals surface area contributed by atoms with Crippen LogP contribution in [0.15, 0.2) is 65.7 Å². The average Bonchev–Trinajstić information content (AvgIpc) is 2.95. The Morgan fingerprint density at radius 1 is 1.08 bits per heavy atom. The zero-order chi connectivity index (χ0) is 18.3. The third-order valence-corrected chi connectivity index (χ3v) is 5.35. The van der Waals surface area contributed by atoms with E-state index in [9.17, 15) is 8.42 Å². The molecular weight excluding hydrogens is 350 g/mol. The van der Waals surface area contributed by atoms with E-state index in [0.717, 1.165) is 33.2 Å². The smallest absolute Gasteiger partial charge is 0.238 e. The first-order valence-corrected chi connectivity index (χ1v) is 9.55. The Morgan fingerprint density at radius 3 is 2.54 bits per heavy atom. The van der Waals surface area contributed by atoms with Crippen molar-refractivity contribution in [3.8, 4) is 5.75 Å². The zero-order valence-electron chi connectivity index (χ0n) is 14.1. The van der Waals surface area contributed by atoms with Crippen LogP contribution in [0.3, 0.4) is 0 Å². The fraction of sp³-hybridized carbons (Fsp3) is 0.105. The van der Waals surface area contributed by atoms with E-state index in [4.69, 9.17) is 9.88 Å². The largest absolute Gasteiger partial charge is 0.497 e. The highest BCUT2D eigenvalue weighted by Crippen LogP contribution is 2.31. The van der Waals surface area contributed by atoms with Gasteiger partial charge in [0, 0.05) is 18.1 Å². The molecule has 4 rings (SSSR count). The summed E-state index contributed by atoms with van der Waals surface area (Å²) >= 11 is 0. The molecule has 0 unspecified atom stereocenters. The number of hydrogen-bond acceptors (Lipinski definition) is 4. The molecule has 26 heavy (non-hydrogen) atoms. The number of fused-ring (bicyclic) bond motifs is 3. The van der Waals surface area contributed by atoms with Gasteiger partial charge in [0.05, 0.1) is 28.6 Å². The van der Waals surface area contributed by atoms with Gasteiger partial charge in [-0.05, 0) is 48.0 Å². The first-order chi connectivity index (χ1) is 12.5. The molecule has 0 radical (unpaired) electrons. The van der Waals surface area contributed by atoms with Crippen LogP contribution in [0.5, 0.6) is 5.75 Å². The second kappa shape index (κ2) is 6.12. The molecule has 132 valence electrons. The summed E-state index contributed by atoms with van der Waals surface area (Å²) in [5, 5.41) is 6.18. The summed E-state index contributed by atoms with van der Waals surface area (Å²) in [6.45, 7) is 0.586. The van der Waals surface area contributed by atoms with Crippen LogP contribution < -0.4 is 9.88 Å². The van der Waals surface area contributed by atoms with Crippen LogP contribution in [0, 0.1) is 0 Å². The minimum atomic E-state index is -3.69. The normalized spacial score (nSPS) is 11.9. The SMILES string of the molecule is COc1ccc2c(c1)c1ncccc1n2Cc1ccc(S(N)(=O)=O)cc1. The van der Waals surface area contributed by atoms with Gasteiger partial charge in [0.2, 0.25) is 10.0 Å². The van der Waals surface area contributed by atoms with Crippen molar-refractivity contribution in [2.75, 3.05) is 7.11 Å². The first kappa shape index (κ1) is 16.6. The minimum absolute atomic E-state index is 0.106. The molecule has 0 aliphatic rings. The van der Waals surface area contributed by atoms with E-state index in [-0.39, 0.29) is 4.90 Å². The Morgan fingerprint density at radius 2 is 1.85 bits per heavy atom. The van der Waals surface area contributed by atoms with Gasteiger partial charge in [0.15, 0.2) is 0 Å². The topological polar surface area (TPSA) is 87.2 Å². The van der Waals surface area contributed by atoms with Gasteiger partial charge in [0.1, 0.15) is 5.75 Å². The molecular formula is C19H17N3O3S. The van der Waals surface area contributed by atoms with E-state index in [1.54, 1.807) is 25.4 Å². The molecule has 2 N–H and O–H groups in total. The molecule has 2 aromatic carbocycles. The number of benzene rings is 2. The molecule has 0 spiro atoms. The molecule has 4 aromatic rings. The van der Waals surface area contributed by atoms with Gasteiger partial charge >= 0.3 is 0 Å². The van der Waals surface area contributed by atoms with E-state index < -0.39 is 10.0 Å². The number of methoxy groups -OCH3 is 1. The third kappa shape index (κ3) is 2.81. The Hall–Kier alpha value is -2.90. The Kier molecular flexibility index (Phi) is 3.90. The van der Waals surface area contributed by atoms with Gasteiger partial charge in [-0.15, -0.1) is 0 Å². The van der Waals surface area contributed by atoms with Crippen LogP contribution in [-0.2, 0) is 16.6 Å². The molecule has 7 heteroatoms. The van der Waals surface area contributed by atoms with Crippen LogP contribution in [0.1, 0.15) is 5.56 Å². The number of aromatic nitrogens is 2. The summed E-state index contributed by atoms with van der Waals surface area (Å²) in [5.41, 5.74) is 3.92. The summed E-state index contributed by atoms with van der Waals surface area (Å²) < 4.78 is 30.3. The van der Waals surface area contributed by atoms with Crippen molar-refractivity contribution in [1.29, 1.82) is 0 Å². The quantitative estimate of drug-likeness (QED) is 0.601. The maximum Gasteiger partial charge on any atom is 0.238 e. The van der Waals surface area contributed by atoms with Crippen molar-refractivity contribution in [1.82, 2.24) is 9.55 Å². The molecule has 2 aromatic heterocycles. The lowest BCUT2D eigenvalue weighted by atomic mass is 10.2. The zero-order valence-corrected chi connectivity index (χ0v) is 14.9. The number of sulfonamides is 1. The monoisotopic (exact) mass is 367 g/mol. The van der Waals surface area contributed by atoms with Crippen LogP contribution >= 0.6 is 0 Å². The number of nitrogens with two attached hydrogens (primary N) is 1. The fourth-order valence-electron chi connectivity index (χ4n) is 3.16. The van der Waals surface area contributed by atoms with E-state index in [1.165, 1.54) is 12.1 Å². The third-order valence-electron chi connectivity index (χ3n) is 4.42. The summed E-state index contributed by atoms with van der Waals surface area (Å²) in [6, 6.07) is 16.4. The maximum atomic E-state index is 11.4. The number of hydrogen-bond donors (Lipinski definition) is 1. The molecule has 0 bridgehead atoms. The Labute approximate surface area is 150 Å². The van der Waals surface area contributed by atoms with Crippen molar-refractivity contribution in [2.24, 2.45) is 5.14 Å². The van der Waals surface area contributed by atoms with Gasteiger partial charge in [-0.25, -0.2) is 13.6 Å². The highest BCUT2D eigenvalue weighted by atomic mass is 32.2. The lowest BCUT2D eigenvalue weighted by Crippen LogP contribution is -2.12. The van der Waals surface area contributed by atoms with E-state index in [1.807, 2.05) is 30.3 Å². The van der Waals surface area contributed by atoms with Crippen molar-refractivity contribution >= 4 is 32.0 Å². The summed E-state index contributed by atoms with van der Waals surface area (Å²) in [5.74, 6) is 0.778. The van der Waals surface area contributed by atoms with Crippen molar-refractivity contribution in [3.05, 3.63) is 66.4 Å². The van der Waals surface area contributed by atoms with E-state index >= 15 is 0 Å². The van der Waals surface area contributed by atoms with Gasteiger partial charge in [-0.3, -0.25) is 4.98 Å². The second-order valence-corrected chi connectivity index (χ2v) is 7.59. The first-order valence-electron chi connectivity index (χ1n) is 8.00. The standard InChI is InChI=1S/C19H17N3O3S/c1-25-14-6-9-17-16(11-14)19-18(3-2-10-21-19)22(17)12-13-4-7-15(8-5-13)26(20,23)24/h2-11H,12H2,1H3,(H2,20,23,24). The van der Waals surface area contributed by atoms with Crippen LogP contribution in [0.4, 0.5) is 0 Å². The van der Waals surface area contributed by atoms with Gasteiger partial charge in [0.25, 0.3) is 0 Å². The lowest BCUT2D eigenvalue weighted by Gasteiger charge is -2.08. The molecule has 0 saturated carbocycles. The molecule has 0 fully saturated rings. The molecule has 2 heterocycles. The van der Waals surface area contributed by atoms with Crippen molar-refractivity contribution < 1.29 is 13.2 Å². The molecule has 0 amide bonds. The number of pyridine rings is 1. The fourth-order valence-corrected chi connectivity index (χ4v) is 3.67. The predicted octanol–water partition coefficient (Wildman–Crippen LogP) is 2.89. The van der Waals surface area contributed by atoms with Crippen LogP contribution in [-0.4, -0.2) is 25.1 Å². The summed E-state index contributed by atoms with van der Waals surface area (Å²) in [7, 11) is -2.05. The lowest BCUT2D eigenvalue weighted by molar-refractivity contribution is 0.415. The number of rotatable bonds is 4. The summed E-state index contributed by atoms with van der Waals surface area (Å²) in [4.78, 5) is 4.63. The van der Waals surface area contributed by atoms with E-state index in [2.05, 4.69) is 9.55 Å². The number of primary sulfonamides is 1. The summed E-state index contributed by atoms with van der Waals surface area (Å²) in [6.07, 6.45) is 1.77. The van der Waals surface area contributed by atoms with Crippen LogP contribution in [0.25, 0.3) is 21.9 Å². The van der Waals surface area contributed by atoms with Gasteiger partial charge in [-0.1, -0.05) is 12.1 Å². The Balaban J connectivity index is 1.85. The Bertz CT molecular complexity index is 1210. The van der Waals surface area contributed by atoms with Crippen molar-refractivity contribution in [3.63, 3.8) is 0 Å². The van der Waals surface area contributed by atoms with Gasteiger partial charge < -0.3 is 9.30 Å². The molecule has 0 saturated heterocycles. The molecule has 0 aliphatic carbocycles. The minimum Gasteiger partial charge on any atom is -0.497 e. The van der Waals surface area contributed by atoms with Crippen molar-refractivity contribution in [2.45, 2.75) is 11.4 Å². The van der Waals surface area contributed by atoms with Gasteiger partial charge in [-0.2, -0.15) is 0 Å². The maximum absolute atomic E-state index is 11.4. The predicted molar refractivity (Wildman–Crippen MR) is 101 cm³/mol. The highest BCUT2D eigenvalue weighted by molar-refractivity contribution is 7.89. The molecule has 6 nitrogen and oxygen atoms in total. The van der Waals surface area contributed by atoms with Crippen LogP contribution in [0.2, 0.25) is 0 Å². The molecule has 0 atom stereocenters.